The van der Waals surface area contributed by atoms with Crippen LogP contribution < -0.4 is 15.0 Å². The summed E-state index contributed by atoms with van der Waals surface area (Å²) in [6.07, 6.45) is 1.47. The second-order valence-electron chi connectivity index (χ2n) is 6.47. The predicted octanol–water partition coefficient (Wildman–Crippen LogP) is 4.32. The van der Waals surface area contributed by atoms with Crippen LogP contribution in [0.5, 0.6) is 5.75 Å². The van der Waals surface area contributed by atoms with Crippen molar-refractivity contribution in [1.82, 2.24) is 4.98 Å². The lowest BCUT2D eigenvalue weighted by Gasteiger charge is -2.21. The van der Waals surface area contributed by atoms with Gasteiger partial charge >= 0.3 is 0 Å². The van der Waals surface area contributed by atoms with Gasteiger partial charge in [-0.15, -0.1) is 0 Å². The van der Waals surface area contributed by atoms with Crippen molar-refractivity contribution < 1.29 is 14.3 Å². The van der Waals surface area contributed by atoms with E-state index in [1.807, 2.05) is 56.3 Å². The van der Waals surface area contributed by atoms with Gasteiger partial charge in [0.25, 0.3) is 11.8 Å². The maximum atomic E-state index is 13.0. The van der Waals surface area contributed by atoms with Gasteiger partial charge in [0.05, 0.1) is 12.8 Å². The molecule has 0 bridgehead atoms. The second-order valence-corrected chi connectivity index (χ2v) is 6.47. The van der Waals surface area contributed by atoms with E-state index in [0.29, 0.717) is 23.5 Å². The molecule has 0 spiro atoms. The molecule has 0 aliphatic carbocycles. The van der Waals surface area contributed by atoms with E-state index in [9.17, 15) is 9.59 Å². The maximum absolute atomic E-state index is 13.0. The van der Waals surface area contributed by atoms with E-state index in [4.69, 9.17) is 4.74 Å². The topological polar surface area (TPSA) is 71.5 Å². The third kappa shape index (κ3) is 4.60. The molecule has 0 saturated carbocycles. The van der Waals surface area contributed by atoms with Crippen LogP contribution in [0.25, 0.3) is 0 Å². The number of hydrogen-bond acceptors (Lipinski definition) is 4. The van der Waals surface area contributed by atoms with Gasteiger partial charge in [-0.05, 0) is 55.8 Å². The number of rotatable bonds is 6. The zero-order chi connectivity index (χ0) is 20.8. The summed E-state index contributed by atoms with van der Waals surface area (Å²) in [6.45, 7) is 4.34. The van der Waals surface area contributed by atoms with E-state index >= 15 is 0 Å². The number of ether oxygens (including phenoxy) is 1. The molecule has 6 heteroatoms. The first-order valence-electron chi connectivity index (χ1n) is 9.32. The molecule has 29 heavy (non-hydrogen) atoms. The molecule has 0 radical (unpaired) electrons. The summed E-state index contributed by atoms with van der Waals surface area (Å²) < 4.78 is 5.30. The van der Waals surface area contributed by atoms with Crippen molar-refractivity contribution in [2.75, 3.05) is 23.9 Å². The van der Waals surface area contributed by atoms with Crippen LogP contribution in [0.2, 0.25) is 0 Å². The minimum atomic E-state index is -0.411. The van der Waals surface area contributed by atoms with E-state index in [-0.39, 0.29) is 11.6 Å². The number of amides is 2. The number of pyridine rings is 1. The summed E-state index contributed by atoms with van der Waals surface area (Å²) >= 11 is 0. The Bertz CT molecular complexity index is 1020. The van der Waals surface area contributed by atoms with Gasteiger partial charge in [-0.2, -0.15) is 0 Å². The number of methoxy groups -OCH3 is 1. The highest BCUT2D eigenvalue weighted by Gasteiger charge is 2.18. The number of aryl methyl sites for hydroxylation is 1. The Balaban J connectivity index is 1.84. The van der Waals surface area contributed by atoms with Gasteiger partial charge in [0.1, 0.15) is 11.4 Å². The fourth-order valence-electron chi connectivity index (χ4n) is 3.00. The van der Waals surface area contributed by atoms with Gasteiger partial charge in [0.2, 0.25) is 0 Å². The van der Waals surface area contributed by atoms with E-state index in [1.54, 1.807) is 24.1 Å². The molecule has 0 aliphatic rings. The summed E-state index contributed by atoms with van der Waals surface area (Å²) in [7, 11) is 1.54. The zero-order valence-corrected chi connectivity index (χ0v) is 16.7. The predicted molar refractivity (Wildman–Crippen MR) is 114 cm³/mol. The average Bonchev–Trinajstić information content (AvgIpc) is 2.75. The Hall–Kier alpha value is -3.67. The molecule has 0 aliphatic heterocycles. The molecule has 0 saturated heterocycles. The van der Waals surface area contributed by atoms with Crippen molar-refractivity contribution in [2.45, 2.75) is 13.8 Å². The Morgan fingerprint density at radius 2 is 1.83 bits per heavy atom. The average molecular weight is 389 g/mol. The van der Waals surface area contributed by atoms with Crippen LogP contribution in [-0.4, -0.2) is 30.5 Å². The van der Waals surface area contributed by atoms with Crippen molar-refractivity contribution in [3.8, 4) is 5.75 Å². The van der Waals surface area contributed by atoms with Gasteiger partial charge in [0.15, 0.2) is 0 Å². The maximum Gasteiger partial charge on any atom is 0.274 e. The zero-order valence-electron chi connectivity index (χ0n) is 16.7. The van der Waals surface area contributed by atoms with E-state index in [2.05, 4.69) is 10.3 Å². The number of anilines is 2. The van der Waals surface area contributed by atoms with Crippen LogP contribution in [-0.2, 0) is 0 Å². The second kappa shape index (κ2) is 9.01. The lowest BCUT2D eigenvalue weighted by Crippen LogP contribution is -2.30. The lowest BCUT2D eigenvalue weighted by molar-refractivity contribution is 0.0988. The summed E-state index contributed by atoms with van der Waals surface area (Å²) in [4.78, 5) is 31.5. The van der Waals surface area contributed by atoms with Crippen molar-refractivity contribution >= 4 is 23.2 Å². The highest BCUT2D eigenvalue weighted by atomic mass is 16.5. The SMILES string of the molecule is CCN(C(=O)c1ccnc(C(=O)Nc2cc(C)ccc2OC)c1)c1ccccc1. The van der Waals surface area contributed by atoms with E-state index in [1.165, 1.54) is 12.3 Å². The summed E-state index contributed by atoms with van der Waals surface area (Å²) in [5, 5.41) is 2.81. The largest absolute Gasteiger partial charge is 0.495 e. The Kier molecular flexibility index (Phi) is 6.24. The molecule has 3 aromatic rings. The minimum absolute atomic E-state index is 0.156. The van der Waals surface area contributed by atoms with Crippen molar-refractivity contribution in [3.05, 3.63) is 83.7 Å². The van der Waals surface area contributed by atoms with Crippen LogP contribution in [0.3, 0.4) is 0 Å². The first kappa shape index (κ1) is 20.1. The van der Waals surface area contributed by atoms with Crippen LogP contribution in [0.1, 0.15) is 33.3 Å². The highest BCUT2D eigenvalue weighted by molar-refractivity contribution is 6.09. The molecule has 1 N–H and O–H groups in total. The van der Waals surface area contributed by atoms with Gasteiger partial charge in [-0.25, -0.2) is 0 Å². The number of nitrogens with zero attached hydrogens (tertiary/aromatic N) is 2. The number of carbonyl (C=O) groups excluding carboxylic acids is 2. The first-order chi connectivity index (χ1) is 14.0. The molecule has 1 heterocycles. The standard InChI is InChI=1S/C23H23N3O3/c1-4-26(18-8-6-5-7-9-18)23(28)17-12-13-24-20(15-17)22(27)25-19-14-16(2)10-11-21(19)29-3/h5-15H,4H2,1-3H3,(H,25,27). The molecule has 2 aromatic carbocycles. The van der Waals surface area contributed by atoms with Crippen molar-refractivity contribution in [1.29, 1.82) is 0 Å². The van der Waals surface area contributed by atoms with Crippen LogP contribution >= 0.6 is 0 Å². The normalized spacial score (nSPS) is 10.3. The Morgan fingerprint density at radius 1 is 1.07 bits per heavy atom. The summed E-state index contributed by atoms with van der Waals surface area (Å²) in [5.41, 5.74) is 2.89. The van der Waals surface area contributed by atoms with Crippen LogP contribution in [0.15, 0.2) is 66.9 Å². The number of benzene rings is 2. The lowest BCUT2D eigenvalue weighted by atomic mass is 10.1. The number of nitrogens with one attached hydrogen (secondary N) is 1. The summed E-state index contributed by atoms with van der Waals surface area (Å²) in [6, 6.07) is 18.0. The molecule has 0 fully saturated rings. The third-order valence-corrected chi connectivity index (χ3v) is 4.47. The molecule has 6 nitrogen and oxygen atoms in total. The number of carbonyl (C=O) groups is 2. The third-order valence-electron chi connectivity index (χ3n) is 4.47. The number of para-hydroxylation sites is 1. The Labute approximate surface area is 170 Å². The molecular formula is C23H23N3O3. The molecular weight excluding hydrogens is 366 g/mol. The number of hydrogen-bond donors (Lipinski definition) is 1. The molecule has 3 rings (SSSR count). The summed E-state index contributed by atoms with van der Waals surface area (Å²) in [5.74, 6) is -0.0491. The smallest absolute Gasteiger partial charge is 0.274 e. The van der Waals surface area contributed by atoms with Gasteiger partial charge in [-0.3, -0.25) is 14.6 Å². The Morgan fingerprint density at radius 3 is 2.52 bits per heavy atom. The van der Waals surface area contributed by atoms with Crippen LogP contribution in [0.4, 0.5) is 11.4 Å². The van der Waals surface area contributed by atoms with E-state index in [0.717, 1.165) is 11.3 Å². The quantitative estimate of drug-likeness (QED) is 0.682. The first-order valence-corrected chi connectivity index (χ1v) is 9.32. The minimum Gasteiger partial charge on any atom is -0.495 e. The van der Waals surface area contributed by atoms with Gasteiger partial charge < -0.3 is 15.0 Å². The van der Waals surface area contributed by atoms with Crippen LogP contribution in [0, 0.1) is 6.92 Å². The monoisotopic (exact) mass is 389 g/mol. The van der Waals surface area contributed by atoms with E-state index < -0.39 is 5.91 Å². The van der Waals surface area contributed by atoms with Gasteiger partial charge in [0, 0.05) is 24.0 Å². The highest BCUT2D eigenvalue weighted by Crippen LogP contribution is 2.25. The van der Waals surface area contributed by atoms with Crippen molar-refractivity contribution in [2.24, 2.45) is 0 Å². The van der Waals surface area contributed by atoms with Crippen molar-refractivity contribution in [3.63, 3.8) is 0 Å². The molecule has 2 amide bonds. The number of aromatic nitrogens is 1. The molecule has 0 unspecified atom stereocenters. The fourth-order valence-corrected chi connectivity index (χ4v) is 3.00. The molecule has 148 valence electrons. The molecule has 0 atom stereocenters. The van der Waals surface area contributed by atoms with Gasteiger partial charge in [-0.1, -0.05) is 24.3 Å². The molecule has 1 aromatic heterocycles. The fraction of sp³-hybridized carbons (Fsp3) is 0.174.